The number of nitrogens with zero attached hydrogens (tertiary/aromatic N) is 1. The van der Waals surface area contributed by atoms with Gasteiger partial charge < -0.3 is 9.64 Å². The lowest BCUT2D eigenvalue weighted by molar-refractivity contribution is -0.129. The zero-order chi connectivity index (χ0) is 16.5. The predicted molar refractivity (Wildman–Crippen MR) is 90.7 cm³/mol. The maximum Gasteiger partial charge on any atom is 0.237 e. The average Bonchev–Trinajstić information content (AvgIpc) is 3.24. The van der Waals surface area contributed by atoms with E-state index in [1.165, 1.54) is 0 Å². The SMILES string of the molecule is O=C(CS(=O)(=O)Cc1cccc(Br)c1)N1CCOCC2(CC2)C1. The van der Waals surface area contributed by atoms with E-state index in [0.717, 1.165) is 17.3 Å². The number of amides is 1. The maximum absolute atomic E-state index is 12.4. The van der Waals surface area contributed by atoms with E-state index in [1.807, 2.05) is 6.07 Å². The number of rotatable bonds is 4. The maximum atomic E-state index is 12.4. The van der Waals surface area contributed by atoms with Gasteiger partial charge in [0.25, 0.3) is 0 Å². The molecular weight excluding hydrogens is 382 g/mol. The lowest BCUT2D eigenvalue weighted by Gasteiger charge is -2.23. The quantitative estimate of drug-likeness (QED) is 0.773. The van der Waals surface area contributed by atoms with Gasteiger partial charge in [-0.3, -0.25) is 4.79 Å². The number of benzene rings is 1. The molecule has 1 heterocycles. The molecule has 1 saturated heterocycles. The van der Waals surface area contributed by atoms with Crippen molar-refractivity contribution in [3.63, 3.8) is 0 Å². The molecule has 1 aliphatic heterocycles. The minimum Gasteiger partial charge on any atom is -0.379 e. The standard InChI is InChI=1S/C16H20BrNO4S/c17-14-3-1-2-13(8-14)9-23(20,21)10-15(19)18-6-7-22-12-16(11-18)4-5-16/h1-3,8H,4-7,9-12H2. The molecule has 1 aromatic rings. The van der Waals surface area contributed by atoms with Gasteiger partial charge in [-0.2, -0.15) is 0 Å². The van der Waals surface area contributed by atoms with Crippen molar-refractivity contribution in [3.05, 3.63) is 34.3 Å². The number of halogens is 1. The van der Waals surface area contributed by atoms with Gasteiger partial charge in [-0.05, 0) is 30.5 Å². The first-order chi connectivity index (χ1) is 10.9. The highest BCUT2D eigenvalue weighted by Gasteiger charge is 2.46. The fourth-order valence-corrected chi connectivity index (χ4v) is 4.69. The van der Waals surface area contributed by atoms with Crippen LogP contribution in [0.4, 0.5) is 0 Å². The van der Waals surface area contributed by atoms with Crippen molar-refractivity contribution < 1.29 is 17.9 Å². The van der Waals surface area contributed by atoms with Crippen molar-refractivity contribution >= 4 is 31.7 Å². The Morgan fingerprint density at radius 1 is 1.35 bits per heavy atom. The zero-order valence-electron chi connectivity index (χ0n) is 12.8. The van der Waals surface area contributed by atoms with Crippen LogP contribution in [-0.4, -0.2) is 51.3 Å². The molecule has 2 aliphatic rings. The van der Waals surface area contributed by atoms with Crippen LogP contribution in [0.5, 0.6) is 0 Å². The summed E-state index contributed by atoms with van der Waals surface area (Å²) in [5.41, 5.74) is 0.769. The molecule has 3 rings (SSSR count). The average molecular weight is 402 g/mol. The Kier molecular flexibility index (Phi) is 4.80. The van der Waals surface area contributed by atoms with Gasteiger partial charge in [0, 0.05) is 23.0 Å². The van der Waals surface area contributed by atoms with Gasteiger partial charge in [0.15, 0.2) is 9.84 Å². The minimum absolute atomic E-state index is 0.0835. The van der Waals surface area contributed by atoms with E-state index >= 15 is 0 Å². The molecule has 0 N–H and O–H groups in total. The van der Waals surface area contributed by atoms with E-state index in [4.69, 9.17) is 4.74 Å². The van der Waals surface area contributed by atoms with Crippen LogP contribution in [0.3, 0.4) is 0 Å². The molecule has 5 nitrogen and oxygen atoms in total. The van der Waals surface area contributed by atoms with Crippen molar-refractivity contribution in [2.45, 2.75) is 18.6 Å². The van der Waals surface area contributed by atoms with E-state index in [0.29, 0.717) is 31.9 Å². The monoisotopic (exact) mass is 401 g/mol. The van der Waals surface area contributed by atoms with Crippen LogP contribution in [0.15, 0.2) is 28.7 Å². The fourth-order valence-electron chi connectivity index (χ4n) is 2.90. The molecule has 0 unspecified atom stereocenters. The predicted octanol–water partition coefficient (Wildman–Crippen LogP) is 2.00. The normalized spacial score (nSPS) is 20.3. The van der Waals surface area contributed by atoms with E-state index in [9.17, 15) is 13.2 Å². The van der Waals surface area contributed by atoms with Gasteiger partial charge in [-0.25, -0.2) is 8.42 Å². The molecule has 0 aromatic heterocycles. The molecule has 1 aliphatic carbocycles. The molecular formula is C16H20BrNO4S. The lowest BCUT2D eigenvalue weighted by Crippen LogP contribution is -2.40. The van der Waals surface area contributed by atoms with Gasteiger partial charge in [0.2, 0.25) is 5.91 Å². The molecule has 23 heavy (non-hydrogen) atoms. The van der Waals surface area contributed by atoms with Crippen LogP contribution in [0.2, 0.25) is 0 Å². The molecule has 1 spiro atoms. The summed E-state index contributed by atoms with van der Waals surface area (Å²) in [5.74, 6) is -0.861. The molecule has 1 amide bonds. The summed E-state index contributed by atoms with van der Waals surface area (Å²) >= 11 is 3.33. The topological polar surface area (TPSA) is 63.7 Å². The fraction of sp³-hybridized carbons (Fsp3) is 0.562. The molecule has 2 fully saturated rings. The molecule has 126 valence electrons. The smallest absolute Gasteiger partial charge is 0.237 e. The van der Waals surface area contributed by atoms with Crippen LogP contribution < -0.4 is 0 Å². The molecule has 7 heteroatoms. The molecule has 0 radical (unpaired) electrons. The zero-order valence-corrected chi connectivity index (χ0v) is 15.2. The van der Waals surface area contributed by atoms with Crippen molar-refractivity contribution in [2.24, 2.45) is 5.41 Å². The van der Waals surface area contributed by atoms with Gasteiger partial charge >= 0.3 is 0 Å². The summed E-state index contributed by atoms with van der Waals surface area (Å²) in [4.78, 5) is 14.1. The Morgan fingerprint density at radius 2 is 2.13 bits per heavy atom. The molecule has 0 atom stereocenters. The van der Waals surface area contributed by atoms with Crippen LogP contribution in [-0.2, 0) is 25.1 Å². The van der Waals surface area contributed by atoms with Crippen LogP contribution in [0, 0.1) is 5.41 Å². The first kappa shape index (κ1) is 16.9. The highest BCUT2D eigenvalue weighted by molar-refractivity contribution is 9.10. The third-order valence-corrected chi connectivity index (χ3v) is 6.32. The Hall–Kier alpha value is -0.920. The van der Waals surface area contributed by atoms with E-state index in [-0.39, 0.29) is 17.1 Å². The van der Waals surface area contributed by atoms with Crippen LogP contribution in [0.25, 0.3) is 0 Å². The van der Waals surface area contributed by atoms with E-state index in [1.54, 1.807) is 23.1 Å². The molecule has 1 saturated carbocycles. The Balaban J connectivity index is 1.63. The highest BCUT2D eigenvalue weighted by Crippen LogP contribution is 2.47. The van der Waals surface area contributed by atoms with Gasteiger partial charge in [-0.1, -0.05) is 28.1 Å². The van der Waals surface area contributed by atoms with Crippen molar-refractivity contribution in [2.75, 3.05) is 32.1 Å². The van der Waals surface area contributed by atoms with Crippen molar-refractivity contribution in [1.82, 2.24) is 4.90 Å². The molecule has 0 bridgehead atoms. The van der Waals surface area contributed by atoms with Gasteiger partial charge in [-0.15, -0.1) is 0 Å². The minimum atomic E-state index is -3.48. The van der Waals surface area contributed by atoms with Crippen LogP contribution in [0.1, 0.15) is 18.4 Å². The molecule has 1 aromatic carbocycles. The van der Waals surface area contributed by atoms with Crippen molar-refractivity contribution in [1.29, 1.82) is 0 Å². The number of carbonyl (C=O) groups excluding carboxylic acids is 1. The second-order valence-electron chi connectivity index (χ2n) is 6.53. The third-order valence-electron chi connectivity index (χ3n) is 4.37. The van der Waals surface area contributed by atoms with E-state index in [2.05, 4.69) is 15.9 Å². The summed E-state index contributed by atoms with van der Waals surface area (Å²) in [6.45, 7) is 2.27. The number of hydrogen-bond donors (Lipinski definition) is 0. The Morgan fingerprint density at radius 3 is 2.83 bits per heavy atom. The Bertz CT molecular complexity index is 700. The van der Waals surface area contributed by atoms with Gasteiger partial charge in [0.1, 0.15) is 5.75 Å². The summed E-state index contributed by atoms with van der Waals surface area (Å²) in [7, 11) is -3.48. The summed E-state index contributed by atoms with van der Waals surface area (Å²) in [6, 6.07) is 7.15. The van der Waals surface area contributed by atoms with Crippen molar-refractivity contribution in [3.8, 4) is 0 Å². The Labute approximate surface area is 145 Å². The first-order valence-corrected chi connectivity index (χ1v) is 10.3. The lowest BCUT2D eigenvalue weighted by atomic mass is 10.1. The van der Waals surface area contributed by atoms with Gasteiger partial charge in [0.05, 0.1) is 19.0 Å². The first-order valence-electron chi connectivity index (χ1n) is 7.68. The summed E-state index contributed by atoms with van der Waals surface area (Å²) < 4.78 is 31.0. The highest BCUT2D eigenvalue weighted by atomic mass is 79.9. The number of carbonyl (C=O) groups is 1. The summed E-state index contributed by atoms with van der Waals surface area (Å²) in [5, 5.41) is 0. The number of sulfone groups is 1. The summed E-state index contributed by atoms with van der Waals surface area (Å²) in [6.07, 6.45) is 2.11. The van der Waals surface area contributed by atoms with E-state index < -0.39 is 15.6 Å². The van der Waals surface area contributed by atoms with Crippen LogP contribution >= 0.6 is 15.9 Å². The third kappa shape index (κ3) is 4.55. The second-order valence-corrected chi connectivity index (χ2v) is 9.51. The second kappa shape index (κ2) is 6.53. The largest absolute Gasteiger partial charge is 0.379 e. The number of ether oxygens (including phenoxy) is 1. The number of hydrogen-bond acceptors (Lipinski definition) is 4.